The lowest BCUT2D eigenvalue weighted by atomic mass is 9.86. The van der Waals surface area contributed by atoms with E-state index < -0.39 is 5.92 Å². The van der Waals surface area contributed by atoms with Crippen LogP contribution in [0.15, 0.2) is 6.20 Å². The Kier molecular flexibility index (Phi) is 2.63. The fraction of sp³-hybridized carbons (Fsp3) is 0.545. The van der Waals surface area contributed by atoms with Gasteiger partial charge in [0.05, 0.1) is 12.7 Å². The molecular formula is C11H11ClF2N4O. The summed E-state index contributed by atoms with van der Waals surface area (Å²) in [4.78, 5) is 22.8. The van der Waals surface area contributed by atoms with Gasteiger partial charge in [-0.1, -0.05) is 0 Å². The van der Waals surface area contributed by atoms with E-state index in [1.165, 1.54) is 11.1 Å². The maximum atomic E-state index is 13.0. The lowest BCUT2D eigenvalue weighted by Crippen LogP contribution is -2.56. The summed E-state index contributed by atoms with van der Waals surface area (Å²) in [5.41, 5.74) is 0.496. The molecule has 1 aliphatic heterocycles. The summed E-state index contributed by atoms with van der Waals surface area (Å²) in [5.74, 6) is -2.37. The van der Waals surface area contributed by atoms with Crippen molar-refractivity contribution in [2.45, 2.75) is 24.8 Å². The number of likely N-dealkylation sites (N-methyl/N-ethyl adjacent to an activating group) is 1. The number of nitrogens with zero attached hydrogens (tertiary/aromatic N) is 4. The summed E-state index contributed by atoms with van der Waals surface area (Å²) in [7, 11) is 1.60. The molecule has 1 amide bonds. The van der Waals surface area contributed by atoms with Gasteiger partial charge in [0.15, 0.2) is 5.82 Å². The molecule has 0 N–H and O–H groups in total. The molecule has 0 saturated heterocycles. The molecule has 1 fully saturated rings. The quantitative estimate of drug-likeness (QED) is 0.738. The number of carbonyl (C=O) groups excluding carboxylic acids is 1. The molecule has 8 heteroatoms. The molecule has 19 heavy (non-hydrogen) atoms. The van der Waals surface area contributed by atoms with E-state index in [2.05, 4.69) is 9.97 Å². The molecule has 1 aromatic rings. The molecule has 0 unspecified atom stereocenters. The van der Waals surface area contributed by atoms with E-state index in [0.717, 1.165) is 0 Å². The second kappa shape index (κ2) is 4.00. The van der Waals surface area contributed by atoms with Gasteiger partial charge in [-0.3, -0.25) is 4.79 Å². The van der Waals surface area contributed by atoms with Crippen molar-refractivity contribution in [1.29, 1.82) is 0 Å². The zero-order valence-corrected chi connectivity index (χ0v) is 10.9. The van der Waals surface area contributed by atoms with E-state index in [9.17, 15) is 13.6 Å². The van der Waals surface area contributed by atoms with Gasteiger partial charge in [-0.2, -0.15) is 4.98 Å². The molecule has 5 nitrogen and oxygen atoms in total. The van der Waals surface area contributed by atoms with Gasteiger partial charge in [-0.05, 0) is 11.6 Å². The Morgan fingerprint density at radius 3 is 2.79 bits per heavy atom. The average molecular weight is 289 g/mol. The lowest BCUT2D eigenvalue weighted by Gasteiger charge is -2.45. The van der Waals surface area contributed by atoms with Gasteiger partial charge in [0.1, 0.15) is 5.69 Å². The lowest BCUT2D eigenvalue weighted by molar-refractivity contribution is -0.119. The number of carbonyl (C=O) groups is 1. The van der Waals surface area contributed by atoms with Crippen LogP contribution >= 0.6 is 11.6 Å². The maximum Gasteiger partial charge on any atom is 0.252 e. The minimum absolute atomic E-state index is 0.0393. The summed E-state index contributed by atoms with van der Waals surface area (Å²) in [6, 6.07) is -0.377. The monoisotopic (exact) mass is 288 g/mol. The van der Waals surface area contributed by atoms with Crippen LogP contribution < -0.4 is 9.80 Å². The summed E-state index contributed by atoms with van der Waals surface area (Å²) in [6.45, 7) is 0.0393. The third-order valence-electron chi connectivity index (χ3n) is 3.54. The van der Waals surface area contributed by atoms with Crippen LogP contribution in [0.5, 0.6) is 0 Å². The van der Waals surface area contributed by atoms with Gasteiger partial charge >= 0.3 is 0 Å². The van der Waals surface area contributed by atoms with Crippen molar-refractivity contribution < 1.29 is 13.6 Å². The van der Waals surface area contributed by atoms with Crippen molar-refractivity contribution >= 4 is 29.0 Å². The number of aromatic nitrogens is 2. The van der Waals surface area contributed by atoms with Crippen molar-refractivity contribution in [1.82, 2.24) is 9.97 Å². The van der Waals surface area contributed by atoms with Crippen LogP contribution in [0.1, 0.15) is 12.8 Å². The van der Waals surface area contributed by atoms with Crippen molar-refractivity contribution in [3.8, 4) is 0 Å². The molecule has 0 spiro atoms. The minimum Gasteiger partial charge on any atom is -0.342 e. The van der Waals surface area contributed by atoms with Crippen molar-refractivity contribution in [3.63, 3.8) is 0 Å². The Morgan fingerprint density at radius 1 is 1.47 bits per heavy atom. The highest BCUT2D eigenvalue weighted by molar-refractivity contribution is 6.28. The Labute approximate surface area is 113 Å². The Hall–Kier alpha value is -1.50. The Balaban J connectivity index is 1.97. The maximum absolute atomic E-state index is 13.0. The van der Waals surface area contributed by atoms with Gasteiger partial charge in [0.25, 0.3) is 5.92 Å². The Morgan fingerprint density at radius 2 is 2.16 bits per heavy atom. The van der Waals surface area contributed by atoms with Crippen molar-refractivity contribution in [3.05, 3.63) is 11.5 Å². The van der Waals surface area contributed by atoms with Crippen LogP contribution in [0.2, 0.25) is 5.28 Å². The molecule has 2 aliphatic rings. The van der Waals surface area contributed by atoms with E-state index in [-0.39, 0.29) is 36.6 Å². The number of halogens is 3. The van der Waals surface area contributed by atoms with E-state index in [1.807, 2.05) is 0 Å². The number of amides is 1. The molecular weight excluding hydrogens is 278 g/mol. The Bertz CT molecular complexity index is 545. The highest BCUT2D eigenvalue weighted by Gasteiger charge is 2.50. The highest BCUT2D eigenvalue weighted by atomic mass is 35.5. The second-order valence-electron chi connectivity index (χ2n) is 4.85. The molecule has 1 aromatic heterocycles. The molecule has 0 aromatic carbocycles. The topological polar surface area (TPSA) is 49.3 Å². The highest BCUT2D eigenvalue weighted by Crippen LogP contribution is 2.44. The first kappa shape index (κ1) is 12.5. The summed E-state index contributed by atoms with van der Waals surface area (Å²) >= 11 is 5.75. The van der Waals surface area contributed by atoms with Gasteiger partial charge < -0.3 is 9.80 Å². The smallest absolute Gasteiger partial charge is 0.252 e. The average Bonchev–Trinajstić information content (AvgIpc) is 2.30. The van der Waals surface area contributed by atoms with Crippen molar-refractivity contribution in [2.24, 2.45) is 0 Å². The molecule has 3 rings (SSSR count). The van der Waals surface area contributed by atoms with Crippen LogP contribution in [-0.2, 0) is 4.79 Å². The predicted octanol–water partition coefficient (Wildman–Crippen LogP) is 1.71. The van der Waals surface area contributed by atoms with Crippen molar-refractivity contribution in [2.75, 3.05) is 23.4 Å². The van der Waals surface area contributed by atoms with Crippen LogP contribution in [-0.4, -0.2) is 41.4 Å². The van der Waals surface area contributed by atoms with Crippen LogP contribution in [0.4, 0.5) is 20.3 Å². The van der Waals surface area contributed by atoms with Crippen LogP contribution in [0, 0.1) is 0 Å². The fourth-order valence-electron chi connectivity index (χ4n) is 2.41. The number of anilines is 2. The van der Waals surface area contributed by atoms with Gasteiger partial charge in [-0.25, -0.2) is 13.8 Å². The van der Waals surface area contributed by atoms with Gasteiger partial charge in [0, 0.05) is 25.9 Å². The standard InChI is InChI=1S/C11H11ClF2N4O/c1-17-7-4-15-10(12)16-9(7)18(5-8(17)19)6-2-11(13,14)3-6/h4,6H,2-3,5H2,1H3. The fourth-order valence-corrected chi connectivity index (χ4v) is 2.54. The first-order chi connectivity index (χ1) is 8.87. The molecule has 2 heterocycles. The van der Waals surface area contributed by atoms with E-state index >= 15 is 0 Å². The molecule has 0 radical (unpaired) electrons. The van der Waals surface area contributed by atoms with Crippen LogP contribution in [0.25, 0.3) is 0 Å². The van der Waals surface area contributed by atoms with Gasteiger partial charge in [0.2, 0.25) is 11.2 Å². The summed E-state index contributed by atoms with van der Waals surface area (Å²) in [6.07, 6.45) is 0.918. The largest absolute Gasteiger partial charge is 0.342 e. The molecule has 102 valence electrons. The number of rotatable bonds is 1. The summed E-state index contributed by atoms with van der Waals surface area (Å²) < 4.78 is 26.0. The second-order valence-corrected chi connectivity index (χ2v) is 5.18. The molecule has 1 saturated carbocycles. The third-order valence-corrected chi connectivity index (χ3v) is 3.73. The first-order valence-electron chi connectivity index (χ1n) is 5.81. The number of hydrogen-bond acceptors (Lipinski definition) is 4. The third kappa shape index (κ3) is 2.01. The normalized spacial score (nSPS) is 22.2. The number of alkyl halides is 2. The van der Waals surface area contributed by atoms with Gasteiger partial charge in [-0.15, -0.1) is 0 Å². The predicted molar refractivity (Wildman–Crippen MR) is 65.8 cm³/mol. The molecule has 0 atom stereocenters. The zero-order valence-electron chi connectivity index (χ0n) is 10.1. The minimum atomic E-state index is -2.64. The number of fused-ring (bicyclic) bond motifs is 1. The first-order valence-corrected chi connectivity index (χ1v) is 6.19. The van der Waals surface area contributed by atoms with E-state index in [4.69, 9.17) is 11.6 Å². The zero-order chi connectivity index (χ0) is 13.8. The number of hydrogen-bond donors (Lipinski definition) is 0. The van der Waals surface area contributed by atoms with Crippen LogP contribution in [0.3, 0.4) is 0 Å². The SMILES string of the molecule is CN1C(=O)CN(C2CC(F)(F)C2)c2nc(Cl)ncc21. The molecule has 0 bridgehead atoms. The summed E-state index contributed by atoms with van der Waals surface area (Å²) in [5, 5.41) is 0.0394. The van der Waals surface area contributed by atoms with E-state index in [1.54, 1.807) is 11.9 Å². The molecule has 1 aliphatic carbocycles. The van der Waals surface area contributed by atoms with E-state index in [0.29, 0.717) is 11.5 Å².